The van der Waals surface area contributed by atoms with E-state index in [0.717, 1.165) is 18.2 Å². The molecule has 1 atom stereocenters. The highest BCUT2D eigenvalue weighted by molar-refractivity contribution is 5.81. The summed E-state index contributed by atoms with van der Waals surface area (Å²) in [5, 5.41) is 0. The maximum atomic E-state index is 11.1. The number of carbonyl (C=O) groups excluding carboxylic acids is 4. The molecule has 0 spiro atoms. The van der Waals surface area contributed by atoms with Crippen LogP contribution in [0.1, 0.15) is 13.8 Å². The molecule has 0 aromatic carbocycles. The molecule has 0 saturated heterocycles. The Morgan fingerprint density at radius 2 is 0.642 bits per heavy atom. The lowest BCUT2D eigenvalue weighted by Gasteiger charge is -2.33. The highest BCUT2D eigenvalue weighted by Crippen LogP contribution is 2.23. The highest BCUT2D eigenvalue weighted by atomic mass is 16.6. The third-order valence-corrected chi connectivity index (χ3v) is 6.52. The Bertz CT molecular complexity index is 955. The molecule has 0 aromatic heterocycles. The fourth-order valence-corrected chi connectivity index (χ4v) is 3.88. The molecule has 0 aromatic rings. The van der Waals surface area contributed by atoms with Crippen molar-refractivity contribution in [1.82, 2.24) is 0 Å². The monoisotopic (exact) mass is 764 g/mol. The van der Waals surface area contributed by atoms with E-state index in [-0.39, 0.29) is 92.5 Å². The molecule has 0 radical (unpaired) electrons. The van der Waals surface area contributed by atoms with Crippen LogP contribution in [0, 0.1) is 10.8 Å². The fourth-order valence-electron chi connectivity index (χ4n) is 3.88. The van der Waals surface area contributed by atoms with E-state index < -0.39 is 28.7 Å². The van der Waals surface area contributed by atoms with Crippen molar-refractivity contribution in [2.24, 2.45) is 10.8 Å². The van der Waals surface area contributed by atoms with E-state index in [1.165, 1.54) is 0 Å². The van der Waals surface area contributed by atoms with Gasteiger partial charge in [0.15, 0.2) is 0 Å². The largest absolute Gasteiger partial charge is 0.465 e. The molecule has 0 aliphatic rings. The van der Waals surface area contributed by atoms with Crippen molar-refractivity contribution in [1.29, 1.82) is 0 Å². The van der Waals surface area contributed by atoms with Crippen LogP contribution in [0.25, 0.3) is 0 Å². The first-order chi connectivity index (χ1) is 25.6. The van der Waals surface area contributed by atoms with Crippen LogP contribution in [-0.2, 0) is 80.8 Å². The third kappa shape index (κ3) is 31.9. The predicted molar refractivity (Wildman–Crippen MR) is 189 cm³/mol. The Morgan fingerprint density at radius 3 is 0.925 bits per heavy atom. The summed E-state index contributed by atoms with van der Waals surface area (Å²) in [7, 11) is 0. The fraction of sp³-hybridized carbons (Fsp3) is 0.722. The van der Waals surface area contributed by atoms with Crippen molar-refractivity contribution in [2.75, 3.05) is 145 Å². The maximum Gasteiger partial charge on any atom is 0.330 e. The lowest BCUT2D eigenvalue weighted by atomic mass is 9.92. The van der Waals surface area contributed by atoms with Crippen molar-refractivity contribution in [3.05, 3.63) is 38.0 Å². The molecule has 0 heterocycles. The van der Waals surface area contributed by atoms with Gasteiger partial charge in [-0.1, -0.05) is 33.6 Å². The number of ether oxygens (including phenoxy) is 13. The number of hydrogen-bond donors (Lipinski definition) is 0. The molecule has 0 N–H and O–H groups in total. The number of esters is 3. The minimum atomic E-state index is -0.568. The second-order valence-corrected chi connectivity index (χ2v) is 11.9. The molecule has 0 bridgehead atoms. The van der Waals surface area contributed by atoms with Gasteiger partial charge < -0.3 is 61.6 Å². The Hall–Kier alpha value is -3.26. The highest BCUT2D eigenvalue weighted by Gasteiger charge is 2.30. The zero-order valence-electron chi connectivity index (χ0n) is 31.4. The van der Waals surface area contributed by atoms with Crippen molar-refractivity contribution < 1.29 is 80.8 Å². The van der Waals surface area contributed by atoms with Gasteiger partial charge in [0.05, 0.1) is 119 Å². The molecular formula is C36H60O17. The minimum Gasteiger partial charge on any atom is -0.465 e. The van der Waals surface area contributed by atoms with E-state index in [1.807, 2.05) is 13.8 Å². The van der Waals surface area contributed by atoms with Gasteiger partial charge in [0.25, 0.3) is 6.47 Å². The Kier molecular flexibility index (Phi) is 32.4. The van der Waals surface area contributed by atoms with Crippen molar-refractivity contribution in [2.45, 2.75) is 13.8 Å². The van der Waals surface area contributed by atoms with Crippen molar-refractivity contribution in [3.8, 4) is 0 Å². The first-order valence-corrected chi connectivity index (χ1v) is 17.3. The summed E-state index contributed by atoms with van der Waals surface area (Å²) in [6, 6.07) is 0. The summed E-state index contributed by atoms with van der Waals surface area (Å²) in [5.41, 5.74) is -1.13. The van der Waals surface area contributed by atoms with E-state index in [4.69, 9.17) is 56.8 Å². The molecule has 0 fully saturated rings. The molecule has 0 rings (SSSR count). The van der Waals surface area contributed by atoms with Gasteiger partial charge in [0.1, 0.15) is 26.4 Å². The molecule has 1 unspecified atom stereocenters. The van der Waals surface area contributed by atoms with Crippen molar-refractivity contribution in [3.63, 3.8) is 0 Å². The standard InChI is InChI=1S/C36H60O17/c1-6-32(38)51-22-19-42-10-15-46-26-35(4,25-45-14-9-41-13-18-49-31-37)29-50-30-36(5,27-47-16-11-43-20-23-52-33(39)7-2)28-48-17-12-44-21-24-53-34(40)8-3/h6-8,31H,1-3,9-30H2,4-5H3. The SMILES string of the molecule is C=CC(=O)OCCOCCOCC(C)(COCCOCCOC=O)COCC(C)(COCCOCCOC(=O)C=C)COCCOCCOC(=O)C=C. The number of carbonyl (C=O) groups is 4. The van der Waals surface area contributed by atoms with Gasteiger partial charge in [-0.25, -0.2) is 14.4 Å². The quantitative estimate of drug-likeness (QED) is 0.0287. The normalized spacial score (nSPS) is 12.3. The summed E-state index contributed by atoms with van der Waals surface area (Å²) in [4.78, 5) is 43.7. The summed E-state index contributed by atoms with van der Waals surface area (Å²) in [6.45, 7) is 19.8. The molecule has 0 aliphatic heterocycles. The number of rotatable bonds is 40. The average molecular weight is 765 g/mol. The van der Waals surface area contributed by atoms with Crippen LogP contribution in [0.15, 0.2) is 38.0 Å². The molecule has 0 amide bonds. The zero-order chi connectivity index (χ0) is 39.3. The van der Waals surface area contributed by atoms with E-state index in [0.29, 0.717) is 59.3 Å². The third-order valence-electron chi connectivity index (χ3n) is 6.52. The van der Waals surface area contributed by atoms with Crippen LogP contribution >= 0.6 is 0 Å². The number of hydrogen-bond acceptors (Lipinski definition) is 17. The molecule has 306 valence electrons. The smallest absolute Gasteiger partial charge is 0.330 e. The Balaban J connectivity index is 5.03. The molecule has 0 aliphatic carbocycles. The molecule has 0 saturated carbocycles. The Morgan fingerprint density at radius 1 is 0.396 bits per heavy atom. The van der Waals surface area contributed by atoms with Gasteiger partial charge in [-0.05, 0) is 0 Å². The van der Waals surface area contributed by atoms with Gasteiger partial charge >= 0.3 is 17.9 Å². The van der Waals surface area contributed by atoms with Crippen LogP contribution in [0.2, 0.25) is 0 Å². The van der Waals surface area contributed by atoms with Crippen LogP contribution in [0.5, 0.6) is 0 Å². The van der Waals surface area contributed by atoms with Crippen LogP contribution in [0.4, 0.5) is 0 Å². The summed E-state index contributed by atoms with van der Waals surface area (Å²) < 4.78 is 70.9. The van der Waals surface area contributed by atoms with Gasteiger partial charge in [-0.15, -0.1) is 0 Å². The first kappa shape index (κ1) is 49.7. The van der Waals surface area contributed by atoms with Gasteiger partial charge in [-0.2, -0.15) is 0 Å². The zero-order valence-corrected chi connectivity index (χ0v) is 31.4. The Labute approximate surface area is 313 Å². The summed E-state index contributed by atoms with van der Waals surface area (Å²) >= 11 is 0. The summed E-state index contributed by atoms with van der Waals surface area (Å²) in [5.74, 6) is -1.55. The van der Waals surface area contributed by atoms with E-state index in [2.05, 4.69) is 24.5 Å². The molecular weight excluding hydrogens is 704 g/mol. The lowest BCUT2D eigenvalue weighted by molar-refractivity contribution is -0.140. The molecule has 53 heavy (non-hydrogen) atoms. The first-order valence-electron chi connectivity index (χ1n) is 17.3. The molecule has 17 heteroatoms. The molecule has 17 nitrogen and oxygen atoms in total. The van der Waals surface area contributed by atoms with Gasteiger partial charge in [-0.3, -0.25) is 4.79 Å². The van der Waals surface area contributed by atoms with Gasteiger partial charge in [0.2, 0.25) is 0 Å². The van der Waals surface area contributed by atoms with Crippen LogP contribution in [0.3, 0.4) is 0 Å². The lowest BCUT2D eigenvalue weighted by Crippen LogP contribution is -2.39. The predicted octanol–water partition coefficient (Wildman–Crippen LogP) is 1.51. The van der Waals surface area contributed by atoms with E-state index in [9.17, 15) is 19.2 Å². The second-order valence-electron chi connectivity index (χ2n) is 11.9. The van der Waals surface area contributed by atoms with Crippen molar-refractivity contribution >= 4 is 24.4 Å². The maximum absolute atomic E-state index is 11.1. The van der Waals surface area contributed by atoms with Crippen LogP contribution < -0.4 is 0 Å². The topological polar surface area (TPSA) is 188 Å². The van der Waals surface area contributed by atoms with E-state index in [1.54, 1.807) is 0 Å². The minimum absolute atomic E-state index is 0.110. The summed E-state index contributed by atoms with van der Waals surface area (Å²) in [6.07, 6.45) is 3.26. The van der Waals surface area contributed by atoms with Gasteiger partial charge in [0, 0.05) is 29.1 Å². The van der Waals surface area contributed by atoms with Crippen LogP contribution in [-0.4, -0.2) is 170 Å². The average Bonchev–Trinajstić information content (AvgIpc) is 3.15. The second kappa shape index (κ2) is 34.5. The van der Waals surface area contributed by atoms with E-state index >= 15 is 0 Å².